The van der Waals surface area contributed by atoms with Gasteiger partial charge in [-0.2, -0.15) is 0 Å². The van der Waals surface area contributed by atoms with Crippen molar-refractivity contribution in [2.75, 3.05) is 0 Å². The summed E-state index contributed by atoms with van der Waals surface area (Å²) in [6.45, 7) is 0.410. The molecule has 5 heteroatoms. The zero-order chi connectivity index (χ0) is 20.9. The fraction of sp³-hybridized carbons (Fsp3) is 0.440. The molecule has 0 amide bonds. The molecule has 2 aliphatic rings. The molecular formula is C25H29NO4. The summed E-state index contributed by atoms with van der Waals surface area (Å²) in [5.41, 5.74) is 2.47. The maximum atomic E-state index is 10.6. The number of unbranched alkanes of at least 4 members (excludes halogenated alkanes) is 1. The molecular weight excluding hydrogens is 378 g/mol. The summed E-state index contributed by atoms with van der Waals surface area (Å²) in [5, 5.41) is 25.8. The second kappa shape index (κ2) is 9.43. The van der Waals surface area contributed by atoms with Gasteiger partial charge in [-0.15, -0.1) is 0 Å². The first-order valence-corrected chi connectivity index (χ1v) is 10.8. The van der Waals surface area contributed by atoms with Crippen LogP contribution in [-0.2, 0) is 16.2 Å². The van der Waals surface area contributed by atoms with E-state index in [0.29, 0.717) is 24.9 Å². The second-order valence-corrected chi connectivity index (χ2v) is 8.57. The number of aliphatic hydroxyl groups is 1. The number of rotatable bonds is 8. The zero-order valence-electron chi connectivity index (χ0n) is 17.1. The maximum Gasteiger partial charge on any atom is 0.303 e. The number of nitrogens with zero attached hydrogens (tertiary/aromatic N) is 1. The van der Waals surface area contributed by atoms with Crippen LogP contribution in [0.15, 0.2) is 59.3 Å². The molecule has 2 aromatic carbocycles. The lowest BCUT2D eigenvalue weighted by molar-refractivity contribution is -0.137. The molecule has 5 nitrogen and oxygen atoms in total. The SMILES string of the molecule is O=C(O)CCC/C=C1\C[C@H]2C[C@@H](O)[C@H](/C=N/OCc3ccc4ccccc4c3)[C@H]2C1. The number of benzene rings is 2. The molecule has 158 valence electrons. The van der Waals surface area contributed by atoms with Crippen molar-refractivity contribution >= 4 is 23.0 Å². The van der Waals surface area contributed by atoms with Crippen LogP contribution < -0.4 is 0 Å². The smallest absolute Gasteiger partial charge is 0.303 e. The van der Waals surface area contributed by atoms with Crippen molar-refractivity contribution in [3.63, 3.8) is 0 Å². The molecule has 0 bridgehead atoms. The van der Waals surface area contributed by atoms with Gasteiger partial charge >= 0.3 is 5.97 Å². The first-order valence-electron chi connectivity index (χ1n) is 10.8. The van der Waals surface area contributed by atoms with Gasteiger partial charge in [-0.25, -0.2) is 0 Å². The molecule has 2 fully saturated rings. The summed E-state index contributed by atoms with van der Waals surface area (Å²) in [6.07, 6.45) is 8.15. The quantitative estimate of drug-likeness (QED) is 0.281. The molecule has 2 aromatic rings. The van der Waals surface area contributed by atoms with Crippen molar-refractivity contribution in [1.82, 2.24) is 0 Å². The van der Waals surface area contributed by atoms with Crippen molar-refractivity contribution in [1.29, 1.82) is 0 Å². The topological polar surface area (TPSA) is 79.1 Å². The van der Waals surface area contributed by atoms with Crippen LogP contribution in [0.3, 0.4) is 0 Å². The van der Waals surface area contributed by atoms with Gasteiger partial charge in [0.15, 0.2) is 0 Å². The largest absolute Gasteiger partial charge is 0.481 e. The number of hydrogen-bond donors (Lipinski definition) is 2. The second-order valence-electron chi connectivity index (χ2n) is 8.57. The number of carboxylic acids is 1. The fourth-order valence-corrected chi connectivity index (χ4v) is 4.99. The Balaban J connectivity index is 1.29. The average Bonchev–Trinajstić information content (AvgIpc) is 3.25. The number of allylic oxidation sites excluding steroid dienone is 2. The standard InChI is InChI=1S/C25H29NO4/c27-24-14-21-11-17(5-1-4-8-25(28)29)13-22(21)23(24)15-26-30-16-18-9-10-19-6-2-3-7-20(19)12-18/h2-3,5-7,9-10,12,15,21-24,27H,1,4,8,11,13-14,16H2,(H,28,29)/b17-5+,26-15+/t21-,22-,23+,24+/m0/s1. The number of oxime groups is 1. The predicted octanol–water partition coefficient (Wildman–Crippen LogP) is 4.93. The van der Waals surface area contributed by atoms with Gasteiger partial charge < -0.3 is 15.1 Å². The number of aliphatic hydroxyl groups excluding tert-OH is 1. The molecule has 0 aromatic heterocycles. The molecule has 2 saturated carbocycles. The van der Waals surface area contributed by atoms with Gasteiger partial charge in [0.2, 0.25) is 0 Å². The van der Waals surface area contributed by atoms with Crippen LogP contribution in [0.4, 0.5) is 0 Å². The van der Waals surface area contributed by atoms with Crippen LogP contribution in [0.25, 0.3) is 10.8 Å². The lowest BCUT2D eigenvalue weighted by Crippen LogP contribution is -2.20. The number of aliphatic carboxylic acids is 1. The molecule has 4 atom stereocenters. The summed E-state index contributed by atoms with van der Waals surface area (Å²) in [4.78, 5) is 16.2. The summed E-state index contributed by atoms with van der Waals surface area (Å²) >= 11 is 0. The molecule has 0 aliphatic heterocycles. The van der Waals surface area contributed by atoms with E-state index in [1.807, 2.05) is 12.1 Å². The van der Waals surface area contributed by atoms with E-state index in [2.05, 4.69) is 41.6 Å². The summed E-state index contributed by atoms with van der Waals surface area (Å²) < 4.78 is 0. The zero-order valence-corrected chi connectivity index (χ0v) is 17.1. The minimum Gasteiger partial charge on any atom is -0.481 e. The van der Waals surface area contributed by atoms with Crippen molar-refractivity contribution in [2.45, 2.75) is 51.2 Å². The van der Waals surface area contributed by atoms with E-state index in [4.69, 9.17) is 9.94 Å². The molecule has 2 N–H and O–H groups in total. The lowest BCUT2D eigenvalue weighted by atomic mass is 9.92. The Bertz CT molecular complexity index is 951. The minimum absolute atomic E-state index is 0.0246. The average molecular weight is 408 g/mol. The number of carbonyl (C=O) groups is 1. The first-order chi connectivity index (χ1) is 14.6. The van der Waals surface area contributed by atoms with Gasteiger partial charge in [0.05, 0.1) is 6.10 Å². The van der Waals surface area contributed by atoms with E-state index in [-0.39, 0.29) is 18.4 Å². The van der Waals surface area contributed by atoms with Gasteiger partial charge in [-0.05, 0) is 66.3 Å². The summed E-state index contributed by atoms with van der Waals surface area (Å²) in [5.74, 6) is 0.178. The molecule has 2 aliphatic carbocycles. The lowest BCUT2D eigenvalue weighted by Gasteiger charge is -2.15. The van der Waals surface area contributed by atoms with Gasteiger partial charge in [0, 0.05) is 18.6 Å². The van der Waals surface area contributed by atoms with Crippen molar-refractivity contribution in [3.05, 3.63) is 59.7 Å². The third-order valence-corrected chi connectivity index (χ3v) is 6.49. The molecule has 0 radical (unpaired) electrons. The maximum absolute atomic E-state index is 10.6. The Morgan fingerprint density at radius 1 is 1.17 bits per heavy atom. The van der Waals surface area contributed by atoms with Crippen LogP contribution in [0, 0.1) is 17.8 Å². The molecule has 0 heterocycles. The Morgan fingerprint density at radius 3 is 2.83 bits per heavy atom. The number of hydrogen-bond acceptors (Lipinski definition) is 4. The highest BCUT2D eigenvalue weighted by atomic mass is 16.6. The Hall–Kier alpha value is -2.66. The van der Waals surface area contributed by atoms with E-state index in [0.717, 1.165) is 31.2 Å². The first kappa shape index (κ1) is 20.6. The molecule has 0 spiro atoms. The van der Waals surface area contributed by atoms with Crippen LogP contribution >= 0.6 is 0 Å². The Labute approximate surface area is 177 Å². The minimum atomic E-state index is -0.736. The van der Waals surface area contributed by atoms with Gasteiger partial charge in [0.25, 0.3) is 0 Å². The molecule has 4 rings (SSSR count). The van der Waals surface area contributed by atoms with Crippen LogP contribution in [0.5, 0.6) is 0 Å². The molecule has 0 unspecified atom stereocenters. The normalized spacial score (nSPS) is 27.2. The highest BCUT2D eigenvalue weighted by Crippen LogP contribution is 2.49. The van der Waals surface area contributed by atoms with Crippen LogP contribution in [0.1, 0.15) is 44.1 Å². The number of fused-ring (bicyclic) bond motifs is 2. The van der Waals surface area contributed by atoms with E-state index >= 15 is 0 Å². The monoisotopic (exact) mass is 407 g/mol. The van der Waals surface area contributed by atoms with Crippen molar-refractivity contribution in [3.8, 4) is 0 Å². The molecule has 30 heavy (non-hydrogen) atoms. The van der Waals surface area contributed by atoms with Gasteiger partial charge in [0.1, 0.15) is 6.61 Å². The van der Waals surface area contributed by atoms with Crippen molar-refractivity contribution < 1.29 is 19.8 Å². The van der Waals surface area contributed by atoms with Gasteiger partial charge in [-0.3, -0.25) is 4.79 Å². The third-order valence-electron chi connectivity index (χ3n) is 6.49. The van der Waals surface area contributed by atoms with Gasteiger partial charge in [-0.1, -0.05) is 53.2 Å². The van der Waals surface area contributed by atoms with E-state index in [9.17, 15) is 9.90 Å². The Kier molecular flexibility index (Phi) is 6.48. The highest BCUT2D eigenvalue weighted by molar-refractivity contribution is 5.82. The fourth-order valence-electron chi connectivity index (χ4n) is 4.99. The highest BCUT2D eigenvalue weighted by Gasteiger charge is 2.45. The van der Waals surface area contributed by atoms with Crippen molar-refractivity contribution in [2.24, 2.45) is 22.9 Å². The van der Waals surface area contributed by atoms with E-state index < -0.39 is 5.97 Å². The Morgan fingerprint density at radius 2 is 2.00 bits per heavy atom. The predicted molar refractivity (Wildman–Crippen MR) is 117 cm³/mol. The van der Waals surface area contributed by atoms with E-state index in [1.54, 1.807) is 6.21 Å². The van der Waals surface area contributed by atoms with Crippen LogP contribution in [-0.4, -0.2) is 28.5 Å². The van der Waals surface area contributed by atoms with Crippen LogP contribution in [0.2, 0.25) is 0 Å². The third kappa shape index (κ3) is 4.90. The summed E-state index contributed by atoms with van der Waals surface area (Å²) in [7, 11) is 0. The summed E-state index contributed by atoms with van der Waals surface area (Å²) in [6, 6.07) is 14.5. The molecule has 0 saturated heterocycles. The van der Waals surface area contributed by atoms with E-state index in [1.165, 1.54) is 16.3 Å². The number of carboxylic acid groups (broad SMARTS) is 1.